The van der Waals surface area contributed by atoms with Gasteiger partial charge in [-0.3, -0.25) is 9.59 Å². The molecule has 1 atom stereocenters. The Labute approximate surface area is 90.1 Å². The summed E-state index contributed by atoms with van der Waals surface area (Å²) in [7, 11) is 1.47. The highest BCUT2D eigenvalue weighted by molar-refractivity contribution is 5.87. The second-order valence-corrected chi connectivity index (χ2v) is 3.28. The molecule has 0 bridgehead atoms. The van der Waals surface area contributed by atoms with E-state index in [9.17, 15) is 9.59 Å². The molecule has 1 amide bonds. The van der Waals surface area contributed by atoms with Crippen molar-refractivity contribution >= 4 is 11.9 Å². The summed E-state index contributed by atoms with van der Waals surface area (Å²) in [6.07, 6.45) is 0.540. The summed E-state index contributed by atoms with van der Waals surface area (Å²) in [6.45, 7) is 5.42. The van der Waals surface area contributed by atoms with Crippen LogP contribution >= 0.6 is 0 Å². The van der Waals surface area contributed by atoms with Crippen LogP contribution in [0.1, 0.15) is 27.2 Å². The lowest BCUT2D eigenvalue weighted by Gasteiger charge is -2.24. The molecule has 0 heterocycles. The van der Waals surface area contributed by atoms with Crippen LogP contribution in [0.15, 0.2) is 0 Å². The first-order valence-corrected chi connectivity index (χ1v) is 4.99. The van der Waals surface area contributed by atoms with Crippen LogP contribution in [0.25, 0.3) is 0 Å². The van der Waals surface area contributed by atoms with E-state index in [0.29, 0.717) is 13.0 Å². The van der Waals surface area contributed by atoms with E-state index in [1.54, 1.807) is 13.8 Å². The molecule has 0 fully saturated rings. The fraction of sp³-hybridized carbons (Fsp3) is 0.800. The predicted molar refractivity (Wildman–Crippen MR) is 55.3 cm³/mol. The average Bonchev–Trinajstić information content (AvgIpc) is 2.25. The van der Waals surface area contributed by atoms with Gasteiger partial charge in [-0.2, -0.15) is 0 Å². The highest BCUT2D eigenvalue weighted by Crippen LogP contribution is 2.13. The van der Waals surface area contributed by atoms with Crippen molar-refractivity contribution in [2.45, 2.75) is 32.8 Å². The van der Waals surface area contributed by atoms with Gasteiger partial charge in [0.05, 0.1) is 6.61 Å². The molecular weight excluding hydrogens is 198 g/mol. The van der Waals surface area contributed by atoms with Gasteiger partial charge in [-0.15, -0.1) is 0 Å². The number of esters is 1. The number of amides is 1. The standard InChI is InChI=1S/C10H19NO4/c1-5-10(3,14-4)9(13)11-7-8(12)15-6-2/h5-7H2,1-4H3,(H,11,13). The van der Waals surface area contributed by atoms with Gasteiger partial charge in [0, 0.05) is 7.11 Å². The topological polar surface area (TPSA) is 64.6 Å². The Hall–Kier alpha value is -1.10. The third-order valence-corrected chi connectivity index (χ3v) is 2.30. The van der Waals surface area contributed by atoms with E-state index in [0.717, 1.165) is 0 Å². The lowest BCUT2D eigenvalue weighted by Crippen LogP contribution is -2.47. The van der Waals surface area contributed by atoms with Crippen LogP contribution in [0.2, 0.25) is 0 Å². The van der Waals surface area contributed by atoms with Crippen molar-refractivity contribution < 1.29 is 19.1 Å². The number of ether oxygens (including phenoxy) is 2. The normalized spacial score (nSPS) is 14.1. The van der Waals surface area contributed by atoms with Gasteiger partial charge in [0.2, 0.25) is 0 Å². The molecule has 0 aliphatic rings. The van der Waals surface area contributed by atoms with Crippen molar-refractivity contribution in [1.29, 1.82) is 0 Å². The van der Waals surface area contributed by atoms with Gasteiger partial charge in [0.1, 0.15) is 12.1 Å². The van der Waals surface area contributed by atoms with Gasteiger partial charge >= 0.3 is 5.97 Å². The third kappa shape index (κ3) is 4.29. The van der Waals surface area contributed by atoms with Crippen molar-refractivity contribution in [3.8, 4) is 0 Å². The van der Waals surface area contributed by atoms with E-state index in [1.165, 1.54) is 7.11 Å². The smallest absolute Gasteiger partial charge is 0.325 e. The molecule has 0 rings (SSSR count). The molecule has 0 spiro atoms. The number of hydrogen-bond acceptors (Lipinski definition) is 4. The average molecular weight is 217 g/mol. The van der Waals surface area contributed by atoms with Crippen molar-refractivity contribution in [3.63, 3.8) is 0 Å². The number of carbonyl (C=O) groups is 2. The van der Waals surface area contributed by atoms with Crippen LogP contribution in [-0.2, 0) is 19.1 Å². The predicted octanol–water partition coefficient (Wildman–Crippen LogP) is 0.481. The molecule has 0 aliphatic heterocycles. The van der Waals surface area contributed by atoms with Crippen molar-refractivity contribution in [1.82, 2.24) is 5.32 Å². The molecule has 0 radical (unpaired) electrons. The maximum absolute atomic E-state index is 11.6. The largest absolute Gasteiger partial charge is 0.465 e. The SMILES string of the molecule is CCOC(=O)CNC(=O)C(C)(CC)OC. The molecule has 0 aliphatic carbocycles. The van der Waals surface area contributed by atoms with E-state index in [1.807, 2.05) is 6.92 Å². The lowest BCUT2D eigenvalue weighted by atomic mass is 10.0. The Bertz CT molecular complexity index is 223. The highest BCUT2D eigenvalue weighted by atomic mass is 16.5. The third-order valence-electron chi connectivity index (χ3n) is 2.30. The first-order valence-electron chi connectivity index (χ1n) is 4.99. The highest BCUT2D eigenvalue weighted by Gasteiger charge is 2.30. The monoisotopic (exact) mass is 217 g/mol. The maximum atomic E-state index is 11.6. The first-order chi connectivity index (χ1) is 7.00. The minimum Gasteiger partial charge on any atom is -0.465 e. The Morgan fingerprint density at radius 3 is 2.33 bits per heavy atom. The van der Waals surface area contributed by atoms with Gasteiger partial charge in [-0.1, -0.05) is 6.92 Å². The summed E-state index contributed by atoms with van der Waals surface area (Å²) in [5.41, 5.74) is -0.882. The van der Waals surface area contributed by atoms with E-state index in [-0.39, 0.29) is 12.5 Å². The molecule has 1 unspecified atom stereocenters. The van der Waals surface area contributed by atoms with Crippen LogP contribution in [0.5, 0.6) is 0 Å². The van der Waals surface area contributed by atoms with Crippen LogP contribution in [0, 0.1) is 0 Å². The van der Waals surface area contributed by atoms with Crippen molar-refractivity contribution in [3.05, 3.63) is 0 Å². The van der Waals surface area contributed by atoms with Gasteiger partial charge < -0.3 is 14.8 Å². The van der Waals surface area contributed by atoms with Gasteiger partial charge in [-0.05, 0) is 20.3 Å². The van der Waals surface area contributed by atoms with Crippen LogP contribution in [0.4, 0.5) is 0 Å². The molecule has 15 heavy (non-hydrogen) atoms. The minimum absolute atomic E-state index is 0.119. The number of carbonyl (C=O) groups excluding carboxylic acids is 2. The van der Waals surface area contributed by atoms with Crippen molar-refractivity contribution in [2.24, 2.45) is 0 Å². The molecule has 88 valence electrons. The molecular formula is C10H19NO4. The second kappa shape index (κ2) is 6.40. The van der Waals surface area contributed by atoms with Crippen LogP contribution in [0.3, 0.4) is 0 Å². The zero-order chi connectivity index (χ0) is 11.9. The Kier molecular flexibility index (Phi) is 5.93. The summed E-state index contributed by atoms with van der Waals surface area (Å²) >= 11 is 0. The zero-order valence-electron chi connectivity index (χ0n) is 9.75. The fourth-order valence-corrected chi connectivity index (χ4v) is 0.949. The minimum atomic E-state index is -0.882. The molecule has 5 heteroatoms. The fourth-order valence-electron chi connectivity index (χ4n) is 0.949. The molecule has 0 aromatic carbocycles. The van der Waals surface area contributed by atoms with Gasteiger partial charge in [-0.25, -0.2) is 0 Å². The second-order valence-electron chi connectivity index (χ2n) is 3.28. The molecule has 0 saturated heterocycles. The Balaban J connectivity index is 4.08. The summed E-state index contributed by atoms with van der Waals surface area (Å²) in [4.78, 5) is 22.6. The number of rotatable bonds is 6. The van der Waals surface area contributed by atoms with Crippen LogP contribution in [-0.4, -0.2) is 37.7 Å². The number of methoxy groups -OCH3 is 1. The Morgan fingerprint density at radius 1 is 1.33 bits per heavy atom. The van der Waals surface area contributed by atoms with Crippen molar-refractivity contribution in [2.75, 3.05) is 20.3 Å². The van der Waals surface area contributed by atoms with E-state index in [4.69, 9.17) is 4.74 Å². The zero-order valence-corrected chi connectivity index (χ0v) is 9.75. The number of nitrogens with one attached hydrogen (secondary N) is 1. The summed E-state index contributed by atoms with van der Waals surface area (Å²) in [5, 5.41) is 2.47. The lowest BCUT2D eigenvalue weighted by molar-refractivity contribution is -0.148. The molecule has 0 aromatic heterocycles. The van der Waals surface area contributed by atoms with Gasteiger partial charge in [0.25, 0.3) is 5.91 Å². The summed E-state index contributed by atoms with van der Waals surface area (Å²) in [6, 6.07) is 0. The Morgan fingerprint density at radius 2 is 1.93 bits per heavy atom. The number of hydrogen-bond donors (Lipinski definition) is 1. The van der Waals surface area contributed by atoms with E-state index >= 15 is 0 Å². The van der Waals surface area contributed by atoms with Gasteiger partial charge in [0.15, 0.2) is 0 Å². The first kappa shape index (κ1) is 13.9. The maximum Gasteiger partial charge on any atom is 0.325 e. The molecule has 0 saturated carbocycles. The van der Waals surface area contributed by atoms with E-state index < -0.39 is 11.6 Å². The summed E-state index contributed by atoms with van der Waals surface area (Å²) < 4.78 is 9.75. The molecule has 1 N–H and O–H groups in total. The molecule has 5 nitrogen and oxygen atoms in total. The van der Waals surface area contributed by atoms with E-state index in [2.05, 4.69) is 10.1 Å². The van der Waals surface area contributed by atoms with Crippen LogP contribution < -0.4 is 5.32 Å². The summed E-state index contributed by atoms with van der Waals surface area (Å²) in [5.74, 6) is -0.749. The quantitative estimate of drug-likeness (QED) is 0.657. The molecule has 0 aromatic rings.